The molecule has 3 rings (SSSR count). The standard InChI is InChI=1S/C18H19N3O/c1-2-16-20-17(15-10-6-7-13-21(15)16)18(22)19-12-11-14-8-4-3-5-9-14/h3-10,13H,2,11-12H2,1H3,(H,19,22). The number of carbonyl (C=O) groups is 1. The first-order valence-electron chi connectivity index (χ1n) is 7.57. The molecule has 4 heteroatoms. The molecule has 1 N–H and O–H groups in total. The molecule has 1 aromatic carbocycles. The first-order chi connectivity index (χ1) is 10.8. The minimum Gasteiger partial charge on any atom is -0.350 e. The molecule has 0 aliphatic rings. The summed E-state index contributed by atoms with van der Waals surface area (Å²) in [6.45, 7) is 2.65. The summed E-state index contributed by atoms with van der Waals surface area (Å²) >= 11 is 0. The van der Waals surface area contributed by atoms with E-state index in [2.05, 4.69) is 22.4 Å². The second kappa shape index (κ2) is 6.43. The van der Waals surface area contributed by atoms with Crippen molar-refractivity contribution in [2.45, 2.75) is 19.8 Å². The van der Waals surface area contributed by atoms with Crippen LogP contribution in [0.4, 0.5) is 0 Å². The number of pyridine rings is 1. The van der Waals surface area contributed by atoms with E-state index in [1.54, 1.807) is 0 Å². The number of aryl methyl sites for hydroxylation is 1. The molecule has 2 aromatic heterocycles. The van der Waals surface area contributed by atoms with Gasteiger partial charge in [0.2, 0.25) is 0 Å². The predicted octanol–water partition coefficient (Wildman–Crippen LogP) is 2.87. The number of hydrogen-bond donors (Lipinski definition) is 1. The minimum atomic E-state index is -0.112. The van der Waals surface area contributed by atoms with E-state index in [4.69, 9.17) is 0 Å². The average molecular weight is 293 g/mol. The predicted molar refractivity (Wildman–Crippen MR) is 87.0 cm³/mol. The van der Waals surface area contributed by atoms with Gasteiger partial charge in [-0.05, 0) is 24.1 Å². The topological polar surface area (TPSA) is 46.4 Å². The lowest BCUT2D eigenvalue weighted by Crippen LogP contribution is -2.26. The molecule has 112 valence electrons. The van der Waals surface area contributed by atoms with Crippen LogP contribution in [0.3, 0.4) is 0 Å². The smallest absolute Gasteiger partial charge is 0.272 e. The molecule has 3 aromatic rings. The van der Waals surface area contributed by atoms with Gasteiger partial charge in [-0.25, -0.2) is 4.98 Å². The van der Waals surface area contributed by atoms with E-state index in [0.29, 0.717) is 12.2 Å². The van der Waals surface area contributed by atoms with Gasteiger partial charge in [0.25, 0.3) is 5.91 Å². The number of hydrogen-bond acceptors (Lipinski definition) is 2. The molecule has 0 spiro atoms. The molecule has 0 bridgehead atoms. The molecule has 0 unspecified atom stereocenters. The van der Waals surface area contributed by atoms with Gasteiger partial charge in [-0.3, -0.25) is 4.79 Å². The van der Waals surface area contributed by atoms with Crippen molar-refractivity contribution in [3.63, 3.8) is 0 Å². The zero-order valence-electron chi connectivity index (χ0n) is 12.6. The van der Waals surface area contributed by atoms with Crippen molar-refractivity contribution in [3.05, 3.63) is 71.8 Å². The fraction of sp³-hybridized carbons (Fsp3) is 0.222. The van der Waals surface area contributed by atoms with Crippen LogP contribution in [0.15, 0.2) is 54.7 Å². The Morgan fingerprint density at radius 2 is 1.91 bits per heavy atom. The van der Waals surface area contributed by atoms with Gasteiger partial charge in [-0.1, -0.05) is 43.3 Å². The number of aromatic nitrogens is 2. The lowest BCUT2D eigenvalue weighted by Gasteiger charge is -2.04. The Labute approximate surface area is 129 Å². The van der Waals surface area contributed by atoms with Gasteiger partial charge in [0.1, 0.15) is 5.82 Å². The van der Waals surface area contributed by atoms with Crippen molar-refractivity contribution in [2.24, 2.45) is 0 Å². The highest BCUT2D eigenvalue weighted by Crippen LogP contribution is 2.13. The Hall–Kier alpha value is -2.62. The van der Waals surface area contributed by atoms with Crippen molar-refractivity contribution in [3.8, 4) is 0 Å². The van der Waals surface area contributed by atoms with Gasteiger partial charge >= 0.3 is 0 Å². The number of nitrogens with zero attached hydrogens (tertiary/aromatic N) is 2. The number of amides is 1. The number of nitrogens with one attached hydrogen (secondary N) is 1. The Morgan fingerprint density at radius 3 is 2.68 bits per heavy atom. The van der Waals surface area contributed by atoms with Gasteiger partial charge in [0.15, 0.2) is 5.69 Å². The number of fused-ring (bicyclic) bond motifs is 1. The first-order valence-corrected chi connectivity index (χ1v) is 7.57. The van der Waals surface area contributed by atoms with Gasteiger partial charge in [0, 0.05) is 19.2 Å². The van der Waals surface area contributed by atoms with E-state index in [9.17, 15) is 4.79 Å². The Bertz CT molecular complexity index is 777. The van der Waals surface area contributed by atoms with Crippen LogP contribution in [0, 0.1) is 0 Å². The van der Waals surface area contributed by atoms with E-state index in [1.165, 1.54) is 5.56 Å². The highest BCUT2D eigenvalue weighted by Gasteiger charge is 2.15. The van der Waals surface area contributed by atoms with Gasteiger partial charge in [-0.15, -0.1) is 0 Å². The Morgan fingerprint density at radius 1 is 1.14 bits per heavy atom. The molecular formula is C18H19N3O. The maximum atomic E-state index is 12.4. The third kappa shape index (κ3) is 2.86. The minimum absolute atomic E-state index is 0.112. The van der Waals surface area contributed by atoms with Crippen molar-refractivity contribution in [1.82, 2.24) is 14.7 Å². The van der Waals surface area contributed by atoms with Gasteiger partial charge in [-0.2, -0.15) is 0 Å². The fourth-order valence-electron chi connectivity index (χ4n) is 2.57. The molecule has 4 nitrogen and oxygen atoms in total. The number of imidazole rings is 1. The fourth-order valence-corrected chi connectivity index (χ4v) is 2.57. The molecule has 0 atom stereocenters. The van der Waals surface area contributed by atoms with Crippen LogP contribution in [0.1, 0.15) is 28.8 Å². The van der Waals surface area contributed by atoms with Crippen LogP contribution in [-0.4, -0.2) is 21.8 Å². The highest BCUT2D eigenvalue weighted by molar-refractivity contribution is 5.99. The van der Waals surface area contributed by atoms with Crippen LogP contribution in [0.25, 0.3) is 5.52 Å². The first kappa shape index (κ1) is 14.3. The second-order valence-corrected chi connectivity index (χ2v) is 5.18. The quantitative estimate of drug-likeness (QED) is 0.786. The van der Waals surface area contributed by atoms with E-state index >= 15 is 0 Å². The summed E-state index contributed by atoms with van der Waals surface area (Å²) in [4.78, 5) is 16.9. The number of benzene rings is 1. The molecular weight excluding hydrogens is 274 g/mol. The lowest BCUT2D eigenvalue weighted by molar-refractivity contribution is 0.0951. The molecule has 2 heterocycles. The second-order valence-electron chi connectivity index (χ2n) is 5.18. The molecule has 22 heavy (non-hydrogen) atoms. The summed E-state index contributed by atoms with van der Waals surface area (Å²) in [5, 5.41) is 2.96. The Kier molecular flexibility index (Phi) is 4.19. The van der Waals surface area contributed by atoms with Gasteiger partial charge < -0.3 is 9.72 Å². The summed E-state index contributed by atoms with van der Waals surface area (Å²) in [6, 6.07) is 15.9. The third-order valence-electron chi connectivity index (χ3n) is 3.69. The summed E-state index contributed by atoms with van der Waals surface area (Å²) < 4.78 is 1.98. The summed E-state index contributed by atoms with van der Waals surface area (Å²) in [5.41, 5.74) is 2.58. The van der Waals surface area contributed by atoms with Crippen LogP contribution >= 0.6 is 0 Å². The van der Waals surface area contributed by atoms with Gasteiger partial charge in [0.05, 0.1) is 5.52 Å². The maximum Gasteiger partial charge on any atom is 0.272 e. The summed E-state index contributed by atoms with van der Waals surface area (Å²) in [5.74, 6) is 0.795. The maximum absolute atomic E-state index is 12.4. The monoisotopic (exact) mass is 293 g/mol. The number of rotatable bonds is 5. The average Bonchev–Trinajstić information content (AvgIpc) is 2.95. The van der Waals surface area contributed by atoms with Crippen LogP contribution in [-0.2, 0) is 12.8 Å². The van der Waals surface area contributed by atoms with E-state index in [-0.39, 0.29) is 5.91 Å². The summed E-state index contributed by atoms with van der Waals surface area (Å²) in [6.07, 6.45) is 3.56. The zero-order chi connectivity index (χ0) is 15.4. The van der Waals surface area contributed by atoms with Crippen molar-refractivity contribution in [1.29, 1.82) is 0 Å². The molecule has 0 aliphatic heterocycles. The van der Waals surface area contributed by atoms with E-state index in [0.717, 1.165) is 24.2 Å². The third-order valence-corrected chi connectivity index (χ3v) is 3.69. The molecule has 0 aliphatic carbocycles. The molecule has 0 fully saturated rings. The SMILES string of the molecule is CCc1nc(C(=O)NCCc2ccccc2)c2ccccn12. The van der Waals surface area contributed by atoms with Crippen LogP contribution < -0.4 is 5.32 Å². The van der Waals surface area contributed by atoms with E-state index < -0.39 is 0 Å². The van der Waals surface area contributed by atoms with E-state index in [1.807, 2.05) is 53.9 Å². The van der Waals surface area contributed by atoms with Crippen molar-refractivity contribution < 1.29 is 4.79 Å². The summed E-state index contributed by atoms with van der Waals surface area (Å²) in [7, 11) is 0. The van der Waals surface area contributed by atoms with Crippen molar-refractivity contribution >= 4 is 11.4 Å². The zero-order valence-corrected chi connectivity index (χ0v) is 12.6. The number of carbonyl (C=O) groups excluding carboxylic acids is 1. The van der Waals surface area contributed by atoms with Crippen molar-refractivity contribution in [2.75, 3.05) is 6.54 Å². The largest absolute Gasteiger partial charge is 0.350 e. The van der Waals surface area contributed by atoms with Crippen LogP contribution in [0.5, 0.6) is 0 Å². The molecule has 1 amide bonds. The lowest BCUT2D eigenvalue weighted by atomic mass is 10.1. The molecule has 0 radical (unpaired) electrons. The highest BCUT2D eigenvalue weighted by atomic mass is 16.1. The molecule has 0 saturated heterocycles. The molecule has 0 saturated carbocycles. The Balaban J connectivity index is 1.72. The normalized spacial score (nSPS) is 10.8. The van der Waals surface area contributed by atoms with Crippen LogP contribution in [0.2, 0.25) is 0 Å².